The van der Waals surface area contributed by atoms with Crippen LogP contribution in [-0.2, 0) is 10.0 Å². The Kier molecular flexibility index (Phi) is 4.73. The van der Waals surface area contributed by atoms with Gasteiger partial charge in [-0.15, -0.1) is 0 Å². The number of nitrogens with two attached hydrogens (primary N) is 1. The van der Waals surface area contributed by atoms with Crippen LogP contribution in [-0.4, -0.2) is 46.2 Å². The van der Waals surface area contributed by atoms with Crippen LogP contribution in [0.15, 0.2) is 29.2 Å². The molecule has 0 aliphatic carbocycles. The number of primary sulfonamides is 1. The monoisotopic (exact) mass is 213 g/mol. The Bertz CT molecular complexity index is 352. The number of hydrogen-bond acceptors (Lipinski definition) is 2. The van der Waals surface area contributed by atoms with Crippen molar-refractivity contribution < 1.29 is 11.3 Å². The zero-order valence-electron chi connectivity index (χ0n) is 8.82. The van der Waals surface area contributed by atoms with Crippen molar-refractivity contribution in [3.05, 3.63) is 29.8 Å². The van der Waals surface area contributed by atoms with E-state index in [9.17, 15) is 8.42 Å². The van der Waals surface area contributed by atoms with Crippen LogP contribution in [0.3, 0.4) is 0 Å². The van der Waals surface area contributed by atoms with Crippen LogP contribution in [0.5, 0.6) is 0 Å². The Balaban J connectivity index is -0.000000403. The standard InChI is InChI=1S/C7H9NO2S.Ca.2H/c1-6-2-4-7(5-3-6)11(8,9)10;;;/h2-5H,1H3,(H2,8,9,10);;;/q;+2;2*-1. The van der Waals surface area contributed by atoms with Crippen LogP contribution in [0.2, 0.25) is 0 Å². The number of sulfonamides is 1. The second-order valence-electron chi connectivity index (χ2n) is 2.36. The molecule has 0 unspecified atom stereocenters. The minimum Gasteiger partial charge on any atom is -1.00 e. The summed E-state index contributed by atoms with van der Waals surface area (Å²) in [4.78, 5) is 0.156. The molecule has 2 N–H and O–H groups in total. The Morgan fingerprint density at radius 2 is 1.67 bits per heavy atom. The zero-order chi connectivity index (χ0) is 8.48. The maximum absolute atomic E-state index is 10.7. The van der Waals surface area contributed by atoms with Crippen molar-refractivity contribution in [2.75, 3.05) is 0 Å². The summed E-state index contributed by atoms with van der Waals surface area (Å²) in [7, 11) is -3.52. The first-order chi connectivity index (χ1) is 5.00. The van der Waals surface area contributed by atoms with Gasteiger partial charge in [-0.25, -0.2) is 13.6 Å². The number of rotatable bonds is 1. The molecule has 5 heteroatoms. The molecule has 0 aliphatic rings. The molecule has 0 fully saturated rings. The summed E-state index contributed by atoms with van der Waals surface area (Å²) in [6.45, 7) is 1.88. The molecule has 0 spiro atoms. The van der Waals surface area contributed by atoms with Crippen molar-refractivity contribution in [3.63, 3.8) is 0 Å². The topological polar surface area (TPSA) is 60.2 Å². The van der Waals surface area contributed by atoms with Gasteiger partial charge < -0.3 is 2.85 Å². The molecule has 1 rings (SSSR count). The van der Waals surface area contributed by atoms with Gasteiger partial charge in [0.25, 0.3) is 0 Å². The average molecular weight is 213 g/mol. The second kappa shape index (κ2) is 4.58. The van der Waals surface area contributed by atoms with Crippen molar-refractivity contribution in [2.45, 2.75) is 11.8 Å². The van der Waals surface area contributed by atoms with E-state index < -0.39 is 10.0 Å². The van der Waals surface area contributed by atoms with Gasteiger partial charge in [-0.3, -0.25) is 0 Å². The summed E-state index contributed by atoms with van der Waals surface area (Å²) in [6.07, 6.45) is 0. The fraction of sp³-hybridized carbons (Fsp3) is 0.143. The number of aryl methyl sites for hydroxylation is 1. The molecule has 1 aromatic rings. The first kappa shape index (κ1) is 12.4. The van der Waals surface area contributed by atoms with Crippen molar-refractivity contribution in [3.8, 4) is 0 Å². The fourth-order valence-corrected chi connectivity index (χ4v) is 1.24. The van der Waals surface area contributed by atoms with Crippen LogP contribution in [0.25, 0.3) is 0 Å². The van der Waals surface area contributed by atoms with Gasteiger partial charge in [-0.1, -0.05) is 17.7 Å². The van der Waals surface area contributed by atoms with E-state index in [0.717, 1.165) is 5.56 Å². The summed E-state index contributed by atoms with van der Waals surface area (Å²) < 4.78 is 21.4. The molecule has 1 aromatic carbocycles. The minimum atomic E-state index is -3.52. The molecule has 12 heavy (non-hydrogen) atoms. The minimum absolute atomic E-state index is 0. The molecule has 0 aromatic heterocycles. The third-order valence-electron chi connectivity index (χ3n) is 1.35. The molecule has 0 saturated heterocycles. The zero-order valence-corrected chi connectivity index (χ0v) is 9.84. The summed E-state index contributed by atoms with van der Waals surface area (Å²) in [5.74, 6) is 0. The maximum atomic E-state index is 10.7. The van der Waals surface area contributed by atoms with Gasteiger partial charge in [0, 0.05) is 0 Å². The van der Waals surface area contributed by atoms with E-state index in [1.165, 1.54) is 12.1 Å². The Labute approximate surface area is 105 Å². The van der Waals surface area contributed by atoms with E-state index in [-0.39, 0.29) is 45.5 Å². The number of hydrogen-bond donors (Lipinski definition) is 1. The molecule has 0 aliphatic heterocycles. The van der Waals surface area contributed by atoms with E-state index in [2.05, 4.69) is 0 Å². The van der Waals surface area contributed by atoms with Gasteiger partial charge in [0.05, 0.1) is 4.90 Å². The van der Waals surface area contributed by atoms with Crippen molar-refractivity contribution >= 4 is 47.8 Å². The predicted molar refractivity (Wildman–Crippen MR) is 50.5 cm³/mol. The average Bonchev–Trinajstić information content (AvgIpc) is 1.86. The van der Waals surface area contributed by atoms with Crippen molar-refractivity contribution in [2.24, 2.45) is 5.14 Å². The molecule has 0 bridgehead atoms. The van der Waals surface area contributed by atoms with Gasteiger partial charge in [0.1, 0.15) is 0 Å². The quantitative estimate of drug-likeness (QED) is 0.690. The van der Waals surface area contributed by atoms with Crippen LogP contribution < -0.4 is 5.14 Å². The molecule has 0 radical (unpaired) electrons. The second-order valence-corrected chi connectivity index (χ2v) is 3.92. The fourth-order valence-electron chi connectivity index (χ4n) is 0.728. The third kappa shape index (κ3) is 3.41. The molecule has 0 heterocycles. The SMILES string of the molecule is Cc1ccc(S(N)(=O)=O)cc1.[Ca+2].[H-].[H-]. The number of benzene rings is 1. The largest absolute Gasteiger partial charge is 2.00 e. The Morgan fingerprint density at radius 1 is 1.25 bits per heavy atom. The van der Waals surface area contributed by atoms with Crippen molar-refractivity contribution in [1.82, 2.24) is 0 Å². The third-order valence-corrected chi connectivity index (χ3v) is 2.28. The Morgan fingerprint density at radius 3 is 2.00 bits per heavy atom. The van der Waals surface area contributed by atoms with Gasteiger partial charge >= 0.3 is 37.7 Å². The van der Waals surface area contributed by atoms with E-state index in [4.69, 9.17) is 5.14 Å². The molecule has 64 valence electrons. The van der Waals surface area contributed by atoms with Crippen LogP contribution in [0.1, 0.15) is 8.42 Å². The predicted octanol–water partition coefficient (Wildman–Crippen LogP) is 0.487. The first-order valence-electron chi connectivity index (χ1n) is 3.09. The molecule has 0 amide bonds. The van der Waals surface area contributed by atoms with E-state index in [1.807, 2.05) is 6.92 Å². The molecule has 0 saturated carbocycles. The normalized spacial score (nSPS) is 10.5. The summed E-state index contributed by atoms with van der Waals surface area (Å²) in [5.41, 5.74) is 1.01. The molecule has 3 nitrogen and oxygen atoms in total. The summed E-state index contributed by atoms with van der Waals surface area (Å²) in [6, 6.07) is 6.40. The van der Waals surface area contributed by atoms with Crippen molar-refractivity contribution in [1.29, 1.82) is 0 Å². The molecular formula is C7H11CaNO2S. The Hall–Kier alpha value is 0.390. The van der Waals surface area contributed by atoms with Gasteiger partial charge in [-0.2, -0.15) is 0 Å². The van der Waals surface area contributed by atoms with Crippen LogP contribution >= 0.6 is 0 Å². The first-order valence-corrected chi connectivity index (χ1v) is 4.64. The molecule has 0 atom stereocenters. The maximum Gasteiger partial charge on any atom is 2.00 e. The molecular weight excluding hydrogens is 202 g/mol. The smallest absolute Gasteiger partial charge is 1.00 e. The van der Waals surface area contributed by atoms with Gasteiger partial charge in [0.2, 0.25) is 10.0 Å². The van der Waals surface area contributed by atoms with Crippen LogP contribution in [0.4, 0.5) is 0 Å². The summed E-state index contributed by atoms with van der Waals surface area (Å²) >= 11 is 0. The van der Waals surface area contributed by atoms with E-state index in [0.29, 0.717) is 0 Å². The van der Waals surface area contributed by atoms with E-state index >= 15 is 0 Å². The summed E-state index contributed by atoms with van der Waals surface area (Å²) in [5, 5.41) is 4.88. The van der Waals surface area contributed by atoms with E-state index in [1.54, 1.807) is 12.1 Å². The van der Waals surface area contributed by atoms with Gasteiger partial charge in [0.15, 0.2) is 0 Å². The van der Waals surface area contributed by atoms with Gasteiger partial charge in [-0.05, 0) is 19.1 Å². The van der Waals surface area contributed by atoms with Crippen LogP contribution in [0, 0.1) is 6.92 Å².